The van der Waals surface area contributed by atoms with Crippen molar-refractivity contribution in [2.24, 2.45) is 5.41 Å². The predicted octanol–water partition coefficient (Wildman–Crippen LogP) is 2.69. The first-order valence-corrected chi connectivity index (χ1v) is 5.60. The Kier molecular flexibility index (Phi) is 5.45. The molecule has 1 heterocycles. The fourth-order valence-electron chi connectivity index (χ4n) is 2.82. The first-order chi connectivity index (χ1) is 6.20. The van der Waals surface area contributed by atoms with E-state index in [2.05, 4.69) is 11.9 Å². The third-order valence-electron chi connectivity index (χ3n) is 4.09. The number of hydrogen-bond acceptors (Lipinski definition) is 1. The van der Waals surface area contributed by atoms with Gasteiger partial charge in [-0.1, -0.05) is 12.8 Å². The summed E-state index contributed by atoms with van der Waals surface area (Å²) in [5.74, 6) is 0. The molecule has 1 saturated carbocycles. The van der Waals surface area contributed by atoms with Crippen LogP contribution in [0.15, 0.2) is 0 Å². The van der Waals surface area contributed by atoms with Gasteiger partial charge < -0.3 is 10.6 Å². The van der Waals surface area contributed by atoms with Crippen LogP contribution in [0.2, 0.25) is 0 Å². The SMILES string of the molecule is CN1CCC2(CCC([NH-])CC2)CC1.[Re].[Rf]. The Hall–Kier alpha value is -0.418. The number of rotatable bonds is 0. The standard InChI is InChI=1S/C11H21N2.Re.Rf/c1-13-8-6-11(7-9-13)4-2-10(12)3-5-11;;/h10,12H,2-9H2,1H3;;/q-1;;. The molecule has 1 saturated heterocycles. The summed E-state index contributed by atoms with van der Waals surface area (Å²) in [6.45, 7) is 2.56. The normalized spacial score (nSPS) is 26.8. The average molecular weight is 635 g/mol. The van der Waals surface area contributed by atoms with Gasteiger partial charge in [0.05, 0.1) is 0 Å². The van der Waals surface area contributed by atoms with Crippen molar-refractivity contribution in [3.63, 3.8) is 0 Å². The molecule has 2 fully saturated rings. The van der Waals surface area contributed by atoms with Gasteiger partial charge in [-0.3, -0.25) is 0 Å². The summed E-state index contributed by atoms with van der Waals surface area (Å²) in [6, 6.07) is 0.255. The van der Waals surface area contributed by atoms with Crippen LogP contribution < -0.4 is 0 Å². The summed E-state index contributed by atoms with van der Waals surface area (Å²) in [4.78, 5) is 2.44. The third-order valence-corrected chi connectivity index (χ3v) is 4.09. The maximum Gasteiger partial charge on any atom is 0 e. The molecule has 0 unspecified atom stereocenters. The molecular weight excluding hydrogens is 613 g/mol. The van der Waals surface area contributed by atoms with Gasteiger partial charge >= 0.3 is 0 Å². The zero-order valence-electron chi connectivity index (χ0n) is 9.77. The monoisotopic (exact) mass is 635 g/mol. The van der Waals surface area contributed by atoms with Gasteiger partial charge in [-0.25, -0.2) is 0 Å². The van der Waals surface area contributed by atoms with Crippen molar-refractivity contribution in [2.45, 2.75) is 44.6 Å². The summed E-state index contributed by atoms with van der Waals surface area (Å²) < 4.78 is 0. The van der Waals surface area contributed by atoms with E-state index in [0.717, 1.165) is 12.8 Å². The smallest absolute Gasteiger partial charge is 0 e. The summed E-state index contributed by atoms with van der Waals surface area (Å²) in [5.41, 5.74) is 8.36. The van der Waals surface area contributed by atoms with Crippen LogP contribution in [0.1, 0.15) is 38.5 Å². The Morgan fingerprint density at radius 2 is 1.53 bits per heavy atom. The van der Waals surface area contributed by atoms with Crippen molar-refractivity contribution >= 4 is 0 Å². The minimum absolute atomic E-state index is 0. The number of piperidine rings is 1. The summed E-state index contributed by atoms with van der Waals surface area (Å²) >= 11 is 0. The van der Waals surface area contributed by atoms with Gasteiger partial charge in [-0.15, -0.1) is 6.04 Å². The molecule has 0 amide bonds. The molecule has 0 aromatic rings. The van der Waals surface area contributed by atoms with E-state index in [4.69, 9.17) is 5.73 Å². The Labute approximate surface area is 101 Å². The predicted molar refractivity (Wildman–Crippen MR) is 55.7 cm³/mol. The molecule has 4 heteroatoms. The van der Waals surface area contributed by atoms with E-state index in [9.17, 15) is 0 Å². The van der Waals surface area contributed by atoms with Crippen LogP contribution >= 0.6 is 0 Å². The molecule has 2 nitrogen and oxygen atoms in total. The topological polar surface area (TPSA) is 27.0 Å². The van der Waals surface area contributed by atoms with Gasteiger partial charge in [-0.05, 0) is 51.2 Å². The van der Waals surface area contributed by atoms with E-state index in [1.807, 2.05) is 0 Å². The molecule has 0 aromatic carbocycles. The number of hydrogen-bond donors (Lipinski definition) is 0. The quantitative estimate of drug-likeness (QED) is 0.403. The summed E-state index contributed by atoms with van der Waals surface area (Å²) in [6.07, 6.45) is 7.74. The molecular formula is C11H21N2ReRf-. The Morgan fingerprint density at radius 1 is 1.07 bits per heavy atom. The molecule has 0 atom stereocenters. The Bertz CT molecular complexity index is 150. The average Bonchev–Trinajstić information content (AvgIpc) is 2.16. The summed E-state index contributed by atoms with van der Waals surface area (Å²) in [7, 11) is 2.23. The van der Waals surface area contributed by atoms with Crippen LogP contribution in [0.25, 0.3) is 5.73 Å². The van der Waals surface area contributed by atoms with Crippen molar-refractivity contribution in [1.82, 2.24) is 4.90 Å². The second kappa shape index (κ2) is 5.61. The molecule has 1 spiro atoms. The van der Waals surface area contributed by atoms with Crippen molar-refractivity contribution in [3.8, 4) is 0 Å². The number of nitrogens with zero attached hydrogens (tertiary/aromatic N) is 1. The largest absolute Gasteiger partial charge is 0.675 e. The first kappa shape index (κ1) is 14.6. The van der Waals surface area contributed by atoms with Gasteiger partial charge in [0.25, 0.3) is 0 Å². The van der Waals surface area contributed by atoms with E-state index in [-0.39, 0.29) is 26.5 Å². The van der Waals surface area contributed by atoms with Gasteiger partial charge in [0.1, 0.15) is 0 Å². The van der Waals surface area contributed by atoms with Crippen molar-refractivity contribution in [3.05, 3.63) is 5.73 Å². The maximum absolute atomic E-state index is 7.70. The van der Waals surface area contributed by atoms with E-state index in [0.29, 0.717) is 5.41 Å². The first-order valence-electron chi connectivity index (χ1n) is 5.60. The van der Waals surface area contributed by atoms with Crippen LogP contribution in [0, 0.1) is 5.41 Å². The Morgan fingerprint density at radius 3 is 2.00 bits per heavy atom. The minimum Gasteiger partial charge on any atom is -0.675 e. The van der Waals surface area contributed by atoms with Crippen LogP contribution in [0.4, 0.5) is 0 Å². The van der Waals surface area contributed by atoms with Crippen LogP contribution in [0.3, 0.4) is 0 Å². The molecule has 1 aliphatic heterocycles. The van der Waals surface area contributed by atoms with Crippen LogP contribution in [-0.4, -0.2) is 31.1 Å². The molecule has 1 N–H and O–H groups in total. The number of likely N-dealkylation sites (tertiary alicyclic amines) is 1. The summed E-state index contributed by atoms with van der Waals surface area (Å²) in [5, 5.41) is 0. The van der Waals surface area contributed by atoms with Crippen LogP contribution in [-0.2, 0) is 20.4 Å². The van der Waals surface area contributed by atoms with Gasteiger partial charge in [0, 0.05) is 20.4 Å². The van der Waals surface area contributed by atoms with E-state index in [1.54, 1.807) is 0 Å². The van der Waals surface area contributed by atoms with Crippen molar-refractivity contribution in [1.29, 1.82) is 0 Å². The maximum atomic E-state index is 7.70. The van der Waals surface area contributed by atoms with E-state index < -0.39 is 0 Å². The zero-order chi connectivity index (χ0) is 9.31. The molecule has 15 heavy (non-hydrogen) atoms. The van der Waals surface area contributed by atoms with Gasteiger partial charge in [-0.2, -0.15) is 0 Å². The van der Waals surface area contributed by atoms with Crippen LogP contribution in [0.5, 0.6) is 0 Å². The van der Waals surface area contributed by atoms with Crippen molar-refractivity contribution < 1.29 is 20.4 Å². The second-order valence-corrected chi connectivity index (χ2v) is 5.08. The van der Waals surface area contributed by atoms with Gasteiger partial charge in [0.15, 0.2) is 0 Å². The van der Waals surface area contributed by atoms with E-state index >= 15 is 0 Å². The second-order valence-electron chi connectivity index (χ2n) is 5.08. The third kappa shape index (κ3) is 3.28. The molecule has 85 valence electrons. The molecule has 1 aliphatic carbocycles. The molecule has 0 aromatic heterocycles. The molecule has 2 rings (SSSR count). The fraction of sp³-hybridized carbons (Fsp3) is 1.00. The zero-order valence-corrected chi connectivity index (χ0v) is 18.9. The molecule has 2 aliphatic rings. The fourth-order valence-corrected chi connectivity index (χ4v) is 2.82. The molecule has 0 bridgehead atoms. The number of nitrogens with one attached hydrogen (secondary N) is 1. The minimum atomic E-state index is 0. The van der Waals surface area contributed by atoms with Gasteiger partial charge in [0.2, 0.25) is 0 Å². The van der Waals surface area contributed by atoms with E-state index in [1.165, 1.54) is 38.8 Å². The molecule has 1 radical (unpaired) electrons. The Balaban J connectivity index is 0.000000980. The van der Waals surface area contributed by atoms with Crippen molar-refractivity contribution in [2.75, 3.05) is 20.1 Å².